The van der Waals surface area contributed by atoms with E-state index in [1.807, 2.05) is 13.8 Å². The van der Waals surface area contributed by atoms with E-state index in [4.69, 9.17) is 0 Å². The average molecular weight is 981 g/mol. The first-order valence-electron chi connectivity index (χ1n) is 27.3. The van der Waals surface area contributed by atoms with Gasteiger partial charge in [-0.2, -0.15) is 0 Å². The van der Waals surface area contributed by atoms with E-state index in [0.717, 1.165) is 0 Å². The van der Waals surface area contributed by atoms with Gasteiger partial charge in [0.1, 0.15) is 0 Å². The number of aryl methyl sites for hydroxylation is 1. The number of hydrogen-bond donors (Lipinski definition) is 0. The number of benzene rings is 13. The van der Waals surface area contributed by atoms with Crippen molar-refractivity contribution in [3.05, 3.63) is 266 Å². The SMILES string of the molecule is CC.CC(C)(C)c1ccc2c3ccccc3c3ccc(-c4cccc(-c5ccccc5)c4)cc3c2c1.CCC.Cc1ccc2c3ccccc3c3ccc(-c4cccc(-c5cccc(-c6ccccc6)c5)c4)cc3c2c1. The van der Waals surface area contributed by atoms with Crippen molar-refractivity contribution in [1.29, 1.82) is 0 Å². The Kier molecular flexibility index (Phi) is 15.1. The molecule has 0 unspecified atom stereocenters. The maximum Gasteiger partial charge on any atom is -0.00927 e. The Morgan fingerprint density at radius 1 is 0.237 bits per heavy atom. The molecule has 0 saturated heterocycles. The summed E-state index contributed by atoms with van der Waals surface area (Å²) in [6.07, 6.45) is 1.25. The summed E-state index contributed by atoms with van der Waals surface area (Å²) in [5.41, 5.74) is 15.2. The van der Waals surface area contributed by atoms with Crippen LogP contribution in [0.2, 0.25) is 0 Å². The van der Waals surface area contributed by atoms with Gasteiger partial charge in [0.05, 0.1) is 0 Å². The molecule has 0 saturated carbocycles. The van der Waals surface area contributed by atoms with Crippen molar-refractivity contribution >= 4 is 64.6 Å². The summed E-state index contributed by atoms with van der Waals surface area (Å²) in [6, 6.07) is 93.2. The van der Waals surface area contributed by atoms with Crippen LogP contribution in [0.15, 0.2) is 255 Å². The maximum atomic E-state index is 2.41. The predicted octanol–water partition coefficient (Wildman–Crippen LogP) is 22.7. The molecule has 13 rings (SSSR count). The van der Waals surface area contributed by atoms with E-state index in [1.165, 1.54) is 138 Å². The van der Waals surface area contributed by atoms with Gasteiger partial charge in [0.15, 0.2) is 0 Å². The van der Waals surface area contributed by atoms with Gasteiger partial charge >= 0.3 is 0 Å². The van der Waals surface area contributed by atoms with Crippen LogP contribution in [0, 0.1) is 6.92 Å². The highest BCUT2D eigenvalue weighted by molar-refractivity contribution is 6.27. The van der Waals surface area contributed by atoms with Crippen molar-refractivity contribution in [3.63, 3.8) is 0 Å². The van der Waals surface area contributed by atoms with Crippen LogP contribution in [0.3, 0.4) is 0 Å². The van der Waals surface area contributed by atoms with E-state index >= 15 is 0 Å². The molecule has 0 N–H and O–H groups in total. The Morgan fingerprint density at radius 2 is 0.500 bits per heavy atom. The molecule has 0 radical (unpaired) electrons. The topological polar surface area (TPSA) is 0 Å². The maximum absolute atomic E-state index is 2.41. The molecule has 13 aromatic carbocycles. The summed E-state index contributed by atoms with van der Waals surface area (Å²) >= 11 is 0. The summed E-state index contributed by atoms with van der Waals surface area (Å²) in [4.78, 5) is 0. The van der Waals surface area contributed by atoms with Crippen molar-refractivity contribution in [3.8, 4) is 55.6 Å². The minimum absolute atomic E-state index is 0.105. The first kappa shape index (κ1) is 50.9. The molecule has 0 atom stereocenters. The largest absolute Gasteiger partial charge is 0.0683 e. The third kappa shape index (κ3) is 10.4. The van der Waals surface area contributed by atoms with Crippen LogP contribution >= 0.6 is 0 Å². The third-order valence-corrected chi connectivity index (χ3v) is 14.5. The quantitative estimate of drug-likeness (QED) is 0.151. The fourth-order valence-electron chi connectivity index (χ4n) is 10.7. The molecule has 13 aromatic rings. The molecule has 0 amide bonds. The minimum atomic E-state index is 0.105. The number of rotatable bonds is 5. The molecule has 76 heavy (non-hydrogen) atoms. The van der Waals surface area contributed by atoms with Crippen LogP contribution in [-0.2, 0) is 5.41 Å². The minimum Gasteiger partial charge on any atom is -0.0683 e. The highest BCUT2D eigenvalue weighted by Gasteiger charge is 2.17. The van der Waals surface area contributed by atoms with Gasteiger partial charge in [-0.3, -0.25) is 0 Å². The van der Waals surface area contributed by atoms with Gasteiger partial charge in [-0.25, -0.2) is 0 Å². The van der Waals surface area contributed by atoms with E-state index < -0.39 is 0 Å². The van der Waals surface area contributed by atoms with Gasteiger partial charge in [0.25, 0.3) is 0 Å². The van der Waals surface area contributed by atoms with Gasteiger partial charge in [-0.1, -0.05) is 279 Å². The second-order valence-corrected chi connectivity index (χ2v) is 20.9. The smallest absolute Gasteiger partial charge is 0.00927 e. The Balaban J connectivity index is 0.000000160. The average Bonchev–Trinajstić information content (AvgIpc) is 3.51. The molecular formula is C76H68. The molecule has 0 aliphatic rings. The van der Waals surface area contributed by atoms with Crippen LogP contribution in [-0.4, -0.2) is 0 Å². The Morgan fingerprint density at radius 3 is 0.868 bits per heavy atom. The van der Waals surface area contributed by atoms with E-state index in [2.05, 4.69) is 296 Å². The molecule has 0 fully saturated rings. The lowest BCUT2D eigenvalue weighted by Gasteiger charge is -2.21. The monoisotopic (exact) mass is 981 g/mol. The van der Waals surface area contributed by atoms with Gasteiger partial charge in [-0.15, -0.1) is 0 Å². The molecule has 0 heterocycles. The zero-order valence-corrected chi connectivity index (χ0v) is 45.5. The van der Waals surface area contributed by atoms with Crippen LogP contribution < -0.4 is 0 Å². The first-order chi connectivity index (χ1) is 37.1. The summed E-state index contributed by atoms with van der Waals surface area (Å²) in [6.45, 7) is 17.3. The van der Waals surface area contributed by atoms with Crippen LogP contribution in [0.25, 0.3) is 120 Å². The van der Waals surface area contributed by atoms with Gasteiger partial charge in [0, 0.05) is 0 Å². The van der Waals surface area contributed by atoms with E-state index in [-0.39, 0.29) is 5.41 Å². The zero-order valence-electron chi connectivity index (χ0n) is 45.5. The zero-order chi connectivity index (χ0) is 52.8. The highest BCUT2D eigenvalue weighted by atomic mass is 14.2. The molecule has 0 nitrogen and oxygen atoms in total. The van der Waals surface area contributed by atoms with E-state index in [0.29, 0.717) is 0 Å². The first-order valence-corrected chi connectivity index (χ1v) is 27.3. The molecule has 0 spiro atoms. The molecule has 0 aromatic heterocycles. The molecule has 372 valence electrons. The van der Waals surface area contributed by atoms with Crippen molar-refractivity contribution in [2.45, 2.75) is 67.2 Å². The molecule has 0 heteroatoms. The van der Waals surface area contributed by atoms with Gasteiger partial charge in [0.2, 0.25) is 0 Å². The molecule has 0 aliphatic carbocycles. The van der Waals surface area contributed by atoms with Crippen LogP contribution in [0.5, 0.6) is 0 Å². The highest BCUT2D eigenvalue weighted by Crippen LogP contribution is 2.41. The Labute approximate surface area is 451 Å². The number of fused-ring (bicyclic) bond motifs is 12. The van der Waals surface area contributed by atoms with Crippen molar-refractivity contribution in [1.82, 2.24) is 0 Å². The summed E-state index contributed by atoms with van der Waals surface area (Å²) in [5.74, 6) is 0. The molecule has 0 aliphatic heterocycles. The van der Waals surface area contributed by atoms with E-state index in [9.17, 15) is 0 Å². The van der Waals surface area contributed by atoms with Crippen LogP contribution in [0.1, 0.15) is 66.0 Å². The third-order valence-electron chi connectivity index (χ3n) is 14.5. The van der Waals surface area contributed by atoms with Gasteiger partial charge in [-0.05, 0) is 175 Å². The molecular weight excluding hydrogens is 913 g/mol. The van der Waals surface area contributed by atoms with Crippen molar-refractivity contribution in [2.75, 3.05) is 0 Å². The predicted molar refractivity (Wildman–Crippen MR) is 336 cm³/mol. The second kappa shape index (κ2) is 22.5. The number of hydrogen-bond acceptors (Lipinski definition) is 0. The Bertz CT molecular complexity index is 4150. The lowest BCUT2D eigenvalue weighted by atomic mass is 9.84. The van der Waals surface area contributed by atoms with Crippen LogP contribution in [0.4, 0.5) is 0 Å². The van der Waals surface area contributed by atoms with E-state index in [1.54, 1.807) is 0 Å². The van der Waals surface area contributed by atoms with Gasteiger partial charge < -0.3 is 0 Å². The Hall–Kier alpha value is -8.58. The summed E-state index contributed by atoms with van der Waals surface area (Å²) in [5, 5.41) is 15.8. The van der Waals surface area contributed by atoms with Crippen molar-refractivity contribution < 1.29 is 0 Å². The normalized spacial score (nSPS) is 11.2. The molecule has 0 bridgehead atoms. The lowest BCUT2D eigenvalue weighted by molar-refractivity contribution is 0.591. The standard InChI is InChI=1S/C37H26.C34H28.C3H8.C2H6/c1-25-17-19-34-32-15-5-6-16-33(32)35-20-18-31(24-37(35)36(34)21-25)30-14-8-13-29(23-30)28-12-7-11-27(22-28)26-9-3-2-4-10-26;1-34(2,3)27-17-19-31-29-15-8-7-14-28(29)30-18-16-26(21-32(30)33(31)22-27)25-13-9-12-24(20-25)23-10-5-4-6-11-23;1-3-2;1-2/h2-24H,1H3;4-22H,1-3H3;3H2,1-2H3;1-2H3. The lowest BCUT2D eigenvalue weighted by Crippen LogP contribution is -2.10. The van der Waals surface area contributed by atoms with Crippen molar-refractivity contribution in [2.24, 2.45) is 0 Å². The summed E-state index contributed by atoms with van der Waals surface area (Å²) in [7, 11) is 0. The fourth-order valence-corrected chi connectivity index (χ4v) is 10.7. The fraction of sp³-hybridized carbons (Fsp3) is 0.132. The second-order valence-electron chi connectivity index (χ2n) is 20.9. The summed E-state index contributed by atoms with van der Waals surface area (Å²) < 4.78 is 0.